The first-order chi connectivity index (χ1) is 18.1. The molecule has 0 heterocycles. The lowest BCUT2D eigenvalue weighted by molar-refractivity contribution is -0.122. The Morgan fingerprint density at radius 1 is 1.13 bits per heavy atom. The molecule has 38 heavy (non-hydrogen) atoms. The molecule has 0 aliphatic heterocycles. The molecule has 8 nitrogen and oxygen atoms in total. The van der Waals surface area contributed by atoms with E-state index in [0.717, 1.165) is 5.56 Å². The van der Waals surface area contributed by atoms with Crippen LogP contribution in [0.3, 0.4) is 0 Å². The molecule has 0 aliphatic carbocycles. The van der Waals surface area contributed by atoms with Crippen LogP contribution in [0, 0.1) is 5.82 Å². The predicted molar refractivity (Wildman–Crippen MR) is 148 cm³/mol. The van der Waals surface area contributed by atoms with Crippen LogP contribution in [-0.4, -0.2) is 68.4 Å². The molecule has 1 amide bonds. The average molecular weight is 572 g/mol. The second kappa shape index (κ2) is 16.0. The lowest BCUT2D eigenvalue weighted by atomic mass is 10.0. The number of ether oxygens (including phenoxy) is 1. The minimum Gasteiger partial charge on any atom is -0.497 e. The van der Waals surface area contributed by atoms with Gasteiger partial charge in [0.1, 0.15) is 11.6 Å². The summed E-state index contributed by atoms with van der Waals surface area (Å²) in [6.07, 6.45) is 0.170. The standard InChI is InChI=1S/C27H39ClFN3O5S/c1-4-10-32(11-5-2)38(35,36)12-9-27(34)31-25(16-21-13-22(28)17-23(29)14-21)26(33)19-30-18-20-7-6-8-24(15-20)37-3/h6-8,13-15,17,25-26,30,33H,4-5,9-12,16,18-19H2,1-3H3,(H,31,34)/t25-,26-/m0/s1. The Hall–Kier alpha value is -2.24. The van der Waals surface area contributed by atoms with Gasteiger partial charge in [0.2, 0.25) is 15.9 Å². The third-order valence-electron chi connectivity index (χ3n) is 5.93. The number of carbonyl (C=O) groups excluding carboxylic acids is 1. The van der Waals surface area contributed by atoms with Gasteiger partial charge in [-0.1, -0.05) is 37.6 Å². The maximum absolute atomic E-state index is 13.9. The molecule has 2 aromatic rings. The average Bonchev–Trinajstić information content (AvgIpc) is 2.86. The molecule has 0 fully saturated rings. The molecule has 0 saturated heterocycles. The number of carbonyl (C=O) groups is 1. The fourth-order valence-electron chi connectivity index (χ4n) is 4.07. The van der Waals surface area contributed by atoms with E-state index in [-0.39, 0.29) is 30.2 Å². The van der Waals surface area contributed by atoms with E-state index >= 15 is 0 Å². The third-order valence-corrected chi connectivity index (χ3v) is 8.02. The monoisotopic (exact) mass is 571 g/mol. The summed E-state index contributed by atoms with van der Waals surface area (Å²) in [5.74, 6) is -0.659. The molecular weight excluding hydrogens is 533 g/mol. The minimum atomic E-state index is -3.60. The van der Waals surface area contributed by atoms with Gasteiger partial charge in [-0.3, -0.25) is 4.79 Å². The van der Waals surface area contributed by atoms with Crippen molar-refractivity contribution in [3.05, 3.63) is 64.4 Å². The number of sulfonamides is 1. The summed E-state index contributed by atoms with van der Waals surface area (Å²) < 4.78 is 46.0. The van der Waals surface area contributed by atoms with Crippen molar-refractivity contribution in [3.8, 4) is 5.75 Å². The molecule has 0 bridgehead atoms. The number of methoxy groups -OCH3 is 1. The molecule has 0 aromatic heterocycles. The molecule has 0 spiro atoms. The smallest absolute Gasteiger partial charge is 0.221 e. The van der Waals surface area contributed by atoms with Gasteiger partial charge < -0.3 is 20.5 Å². The molecular formula is C27H39ClFN3O5S. The first-order valence-corrected chi connectivity index (χ1v) is 14.8. The topological polar surface area (TPSA) is 108 Å². The minimum absolute atomic E-state index is 0.107. The van der Waals surface area contributed by atoms with Crippen LogP contribution >= 0.6 is 11.6 Å². The van der Waals surface area contributed by atoms with Gasteiger partial charge in [-0.2, -0.15) is 0 Å². The van der Waals surface area contributed by atoms with Crippen LogP contribution in [0.15, 0.2) is 42.5 Å². The highest BCUT2D eigenvalue weighted by atomic mass is 35.5. The van der Waals surface area contributed by atoms with E-state index in [1.807, 2.05) is 38.1 Å². The van der Waals surface area contributed by atoms with E-state index in [2.05, 4.69) is 10.6 Å². The van der Waals surface area contributed by atoms with Gasteiger partial charge in [-0.15, -0.1) is 0 Å². The lowest BCUT2D eigenvalue weighted by Gasteiger charge is -2.25. The number of benzene rings is 2. The number of nitrogens with zero attached hydrogens (tertiary/aromatic N) is 1. The van der Waals surface area contributed by atoms with Crippen LogP contribution < -0.4 is 15.4 Å². The summed E-state index contributed by atoms with van der Waals surface area (Å²) in [6.45, 7) is 5.18. The molecule has 0 unspecified atom stereocenters. The van der Waals surface area contributed by atoms with Crippen molar-refractivity contribution >= 4 is 27.5 Å². The van der Waals surface area contributed by atoms with E-state index in [1.165, 1.54) is 16.4 Å². The zero-order chi connectivity index (χ0) is 28.1. The van der Waals surface area contributed by atoms with E-state index in [9.17, 15) is 22.7 Å². The van der Waals surface area contributed by atoms with Crippen LogP contribution in [0.4, 0.5) is 4.39 Å². The maximum Gasteiger partial charge on any atom is 0.221 e. The van der Waals surface area contributed by atoms with Gasteiger partial charge in [0.25, 0.3) is 0 Å². The fourth-order valence-corrected chi connectivity index (χ4v) is 5.94. The van der Waals surface area contributed by atoms with Crippen molar-refractivity contribution in [2.45, 2.75) is 58.2 Å². The highest BCUT2D eigenvalue weighted by Gasteiger charge is 2.25. The quantitative estimate of drug-likeness (QED) is 0.268. The predicted octanol–water partition coefficient (Wildman–Crippen LogP) is 3.51. The molecule has 0 saturated carbocycles. The first-order valence-electron chi connectivity index (χ1n) is 12.8. The Bertz CT molecular complexity index is 1110. The molecule has 0 aliphatic rings. The summed E-state index contributed by atoms with van der Waals surface area (Å²) in [6, 6.07) is 10.7. The Kier molecular flexibility index (Phi) is 13.5. The van der Waals surface area contributed by atoms with Crippen molar-refractivity contribution in [2.75, 3.05) is 32.5 Å². The van der Waals surface area contributed by atoms with E-state index < -0.39 is 33.9 Å². The lowest BCUT2D eigenvalue weighted by Crippen LogP contribution is -2.49. The van der Waals surface area contributed by atoms with Crippen LogP contribution in [0.25, 0.3) is 0 Å². The van der Waals surface area contributed by atoms with Crippen molar-refractivity contribution in [3.63, 3.8) is 0 Å². The Morgan fingerprint density at radius 3 is 2.47 bits per heavy atom. The van der Waals surface area contributed by atoms with Gasteiger partial charge in [0.15, 0.2) is 0 Å². The second-order valence-electron chi connectivity index (χ2n) is 9.17. The normalized spacial score (nSPS) is 13.3. The summed E-state index contributed by atoms with van der Waals surface area (Å²) in [4.78, 5) is 12.8. The summed E-state index contributed by atoms with van der Waals surface area (Å²) in [5.41, 5.74) is 1.44. The molecule has 2 rings (SSSR count). The number of amides is 1. The first kappa shape index (κ1) is 32.0. The largest absolute Gasteiger partial charge is 0.497 e. The van der Waals surface area contributed by atoms with Crippen LogP contribution in [-0.2, 0) is 27.8 Å². The fraction of sp³-hybridized carbons (Fsp3) is 0.519. The van der Waals surface area contributed by atoms with Gasteiger partial charge >= 0.3 is 0 Å². The molecule has 2 aromatic carbocycles. The van der Waals surface area contributed by atoms with Crippen LogP contribution in [0.1, 0.15) is 44.2 Å². The Morgan fingerprint density at radius 2 is 1.84 bits per heavy atom. The van der Waals surface area contributed by atoms with Gasteiger partial charge in [-0.25, -0.2) is 17.1 Å². The number of aliphatic hydroxyl groups excluding tert-OH is 1. The molecule has 212 valence electrons. The summed E-state index contributed by atoms with van der Waals surface area (Å²) in [5, 5.41) is 17.0. The second-order valence-corrected chi connectivity index (χ2v) is 11.7. The van der Waals surface area contributed by atoms with Gasteiger partial charge in [-0.05, 0) is 60.7 Å². The highest BCUT2D eigenvalue weighted by molar-refractivity contribution is 7.89. The number of hydrogen-bond acceptors (Lipinski definition) is 6. The number of hydrogen-bond donors (Lipinski definition) is 3. The highest BCUT2D eigenvalue weighted by Crippen LogP contribution is 2.17. The van der Waals surface area contributed by atoms with Crippen molar-refractivity contribution in [1.29, 1.82) is 0 Å². The van der Waals surface area contributed by atoms with Crippen molar-refractivity contribution < 1.29 is 27.4 Å². The molecule has 3 N–H and O–H groups in total. The maximum atomic E-state index is 13.9. The van der Waals surface area contributed by atoms with Crippen LogP contribution in [0.5, 0.6) is 5.75 Å². The summed E-state index contributed by atoms with van der Waals surface area (Å²) in [7, 11) is -2.02. The zero-order valence-electron chi connectivity index (χ0n) is 22.3. The Balaban J connectivity index is 2.07. The molecule has 11 heteroatoms. The number of halogens is 2. The van der Waals surface area contributed by atoms with Gasteiger partial charge in [0, 0.05) is 37.6 Å². The van der Waals surface area contributed by atoms with Crippen LogP contribution in [0.2, 0.25) is 5.02 Å². The van der Waals surface area contributed by atoms with Crippen molar-refractivity contribution in [2.24, 2.45) is 0 Å². The van der Waals surface area contributed by atoms with E-state index in [4.69, 9.17) is 16.3 Å². The Labute approximate surface area is 230 Å². The van der Waals surface area contributed by atoms with Crippen molar-refractivity contribution in [1.82, 2.24) is 14.9 Å². The zero-order valence-corrected chi connectivity index (χ0v) is 23.8. The third kappa shape index (κ3) is 10.9. The number of rotatable bonds is 17. The molecule has 0 radical (unpaired) electrons. The number of nitrogens with one attached hydrogen (secondary N) is 2. The summed E-state index contributed by atoms with van der Waals surface area (Å²) >= 11 is 5.99. The molecule has 2 atom stereocenters. The van der Waals surface area contributed by atoms with E-state index in [1.54, 1.807) is 13.2 Å². The van der Waals surface area contributed by atoms with E-state index in [0.29, 0.717) is 43.8 Å². The SMILES string of the molecule is CCCN(CCC)S(=O)(=O)CCC(=O)N[C@@H](Cc1cc(F)cc(Cl)c1)[C@@H](O)CNCc1cccc(OC)c1. The van der Waals surface area contributed by atoms with Gasteiger partial charge in [0.05, 0.1) is 25.0 Å². The number of aliphatic hydroxyl groups is 1.